The highest BCUT2D eigenvalue weighted by atomic mass is 32.1. The van der Waals surface area contributed by atoms with Crippen molar-refractivity contribution < 1.29 is 4.79 Å². The topological polar surface area (TPSA) is 33.2 Å². The van der Waals surface area contributed by atoms with Gasteiger partial charge in [-0.05, 0) is 25.2 Å². The number of thiazole rings is 1. The van der Waals surface area contributed by atoms with E-state index in [9.17, 15) is 4.79 Å². The van der Waals surface area contributed by atoms with E-state index in [1.165, 1.54) is 17.8 Å². The zero-order valence-electron chi connectivity index (χ0n) is 10.1. The van der Waals surface area contributed by atoms with Crippen LogP contribution in [0.2, 0.25) is 0 Å². The van der Waals surface area contributed by atoms with Gasteiger partial charge in [-0.1, -0.05) is 13.8 Å². The molecule has 1 amide bonds. The summed E-state index contributed by atoms with van der Waals surface area (Å²) in [6, 6.07) is 0. The van der Waals surface area contributed by atoms with E-state index in [1.807, 2.05) is 11.8 Å². The summed E-state index contributed by atoms with van der Waals surface area (Å²) < 4.78 is 0. The van der Waals surface area contributed by atoms with Gasteiger partial charge in [0.1, 0.15) is 4.88 Å². The van der Waals surface area contributed by atoms with Crippen LogP contribution in [0.3, 0.4) is 0 Å². The van der Waals surface area contributed by atoms with Gasteiger partial charge in [-0.25, -0.2) is 4.98 Å². The number of aryl methyl sites for hydroxylation is 1. The van der Waals surface area contributed by atoms with Crippen molar-refractivity contribution in [1.82, 2.24) is 9.88 Å². The van der Waals surface area contributed by atoms with E-state index in [1.54, 1.807) is 5.51 Å². The molecule has 0 N–H and O–H groups in total. The predicted molar refractivity (Wildman–Crippen MR) is 65.7 cm³/mol. The number of carbonyl (C=O) groups excluding carboxylic acids is 1. The summed E-state index contributed by atoms with van der Waals surface area (Å²) in [5.74, 6) is 1.39. The highest BCUT2D eigenvalue weighted by Crippen LogP contribution is 2.24. The third-order valence-corrected chi connectivity index (χ3v) is 4.01. The van der Waals surface area contributed by atoms with Crippen molar-refractivity contribution in [2.75, 3.05) is 13.1 Å². The van der Waals surface area contributed by atoms with Crippen LogP contribution in [0.5, 0.6) is 0 Å². The quantitative estimate of drug-likeness (QED) is 0.753. The molecule has 1 fully saturated rings. The van der Waals surface area contributed by atoms with Gasteiger partial charge in [0.25, 0.3) is 5.91 Å². The van der Waals surface area contributed by atoms with E-state index in [4.69, 9.17) is 0 Å². The number of rotatable bonds is 1. The first-order valence-electron chi connectivity index (χ1n) is 5.77. The van der Waals surface area contributed by atoms with Crippen LogP contribution in [0.1, 0.15) is 35.6 Å². The Morgan fingerprint density at radius 2 is 2.06 bits per heavy atom. The molecule has 1 saturated heterocycles. The largest absolute Gasteiger partial charge is 0.337 e. The number of hydrogen-bond acceptors (Lipinski definition) is 3. The molecule has 1 aromatic heterocycles. The predicted octanol–water partition coefficient (Wildman–Crippen LogP) is 2.57. The van der Waals surface area contributed by atoms with E-state index in [2.05, 4.69) is 18.8 Å². The highest BCUT2D eigenvalue weighted by Gasteiger charge is 2.27. The average molecular weight is 238 g/mol. The van der Waals surface area contributed by atoms with Crippen LogP contribution >= 0.6 is 11.3 Å². The fourth-order valence-corrected chi connectivity index (χ4v) is 3.25. The number of amides is 1. The molecule has 2 atom stereocenters. The fraction of sp³-hybridized carbons (Fsp3) is 0.667. The molecule has 0 saturated carbocycles. The highest BCUT2D eigenvalue weighted by molar-refractivity contribution is 7.11. The monoisotopic (exact) mass is 238 g/mol. The van der Waals surface area contributed by atoms with Crippen molar-refractivity contribution in [3.63, 3.8) is 0 Å². The SMILES string of the molecule is Cc1ncsc1C(=O)N1CC(C)CC(C)C1. The zero-order chi connectivity index (χ0) is 11.7. The molecule has 1 aromatic rings. The molecule has 0 spiro atoms. The minimum Gasteiger partial charge on any atom is -0.337 e. The Hall–Kier alpha value is -0.900. The summed E-state index contributed by atoms with van der Waals surface area (Å²) in [5, 5.41) is 0. The molecule has 1 aliphatic heterocycles. The number of likely N-dealkylation sites (tertiary alicyclic amines) is 1. The van der Waals surface area contributed by atoms with Gasteiger partial charge in [-0.2, -0.15) is 0 Å². The number of carbonyl (C=O) groups is 1. The van der Waals surface area contributed by atoms with Crippen LogP contribution in [0.4, 0.5) is 0 Å². The Bertz CT molecular complexity index is 378. The van der Waals surface area contributed by atoms with Gasteiger partial charge < -0.3 is 4.90 Å². The lowest BCUT2D eigenvalue weighted by atomic mass is 9.92. The maximum absolute atomic E-state index is 12.3. The van der Waals surface area contributed by atoms with Crippen LogP contribution in [0.15, 0.2) is 5.51 Å². The lowest BCUT2D eigenvalue weighted by molar-refractivity contribution is 0.0627. The molecule has 3 nitrogen and oxygen atoms in total. The van der Waals surface area contributed by atoms with Gasteiger partial charge in [0.05, 0.1) is 11.2 Å². The number of piperidine rings is 1. The Kier molecular flexibility index (Phi) is 3.28. The van der Waals surface area contributed by atoms with Gasteiger partial charge in [0.15, 0.2) is 0 Å². The Labute approximate surface area is 100 Å². The first kappa shape index (κ1) is 11.6. The van der Waals surface area contributed by atoms with E-state index in [-0.39, 0.29) is 5.91 Å². The summed E-state index contributed by atoms with van der Waals surface area (Å²) in [5.41, 5.74) is 2.61. The van der Waals surface area contributed by atoms with Crippen molar-refractivity contribution in [2.24, 2.45) is 11.8 Å². The summed E-state index contributed by atoms with van der Waals surface area (Å²) in [6.07, 6.45) is 1.23. The van der Waals surface area contributed by atoms with Gasteiger partial charge in [-0.15, -0.1) is 11.3 Å². The third-order valence-electron chi connectivity index (χ3n) is 3.10. The summed E-state index contributed by atoms with van der Waals surface area (Å²) in [4.78, 5) is 19.2. The Balaban J connectivity index is 2.13. The van der Waals surface area contributed by atoms with Gasteiger partial charge in [0.2, 0.25) is 0 Å². The molecule has 0 aromatic carbocycles. The van der Waals surface area contributed by atoms with Crippen LogP contribution in [0.25, 0.3) is 0 Å². The zero-order valence-corrected chi connectivity index (χ0v) is 10.9. The fourth-order valence-electron chi connectivity index (χ4n) is 2.48. The van der Waals surface area contributed by atoms with Crippen LogP contribution in [0, 0.1) is 18.8 Å². The van der Waals surface area contributed by atoms with Crippen LogP contribution in [-0.2, 0) is 0 Å². The molecular weight excluding hydrogens is 220 g/mol. The molecule has 2 heterocycles. The van der Waals surface area contributed by atoms with Crippen molar-refractivity contribution in [1.29, 1.82) is 0 Å². The lowest BCUT2D eigenvalue weighted by Crippen LogP contribution is -2.42. The molecule has 16 heavy (non-hydrogen) atoms. The van der Waals surface area contributed by atoms with Crippen molar-refractivity contribution in [3.05, 3.63) is 16.1 Å². The van der Waals surface area contributed by atoms with E-state index in [0.29, 0.717) is 11.8 Å². The molecule has 1 aliphatic rings. The van der Waals surface area contributed by atoms with E-state index < -0.39 is 0 Å². The van der Waals surface area contributed by atoms with Crippen LogP contribution in [-0.4, -0.2) is 28.9 Å². The molecule has 2 rings (SSSR count). The minimum atomic E-state index is 0.165. The van der Waals surface area contributed by atoms with Crippen molar-refractivity contribution in [3.8, 4) is 0 Å². The molecule has 0 radical (unpaired) electrons. The molecule has 2 unspecified atom stereocenters. The molecule has 0 bridgehead atoms. The molecule has 88 valence electrons. The van der Waals surface area contributed by atoms with Gasteiger partial charge in [-0.3, -0.25) is 4.79 Å². The first-order valence-corrected chi connectivity index (χ1v) is 6.65. The molecular formula is C12H18N2OS. The van der Waals surface area contributed by atoms with E-state index in [0.717, 1.165) is 23.7 Å². The first-order chi connectivity index (χ1) is 7.58. The second-order valence-corrected chi connectivity index (χ2v) is 5.78. The summed E-state index contributed by atoms with van der Waals surface area (Å²) >= 11 is 1.45. The van der Waals surface area contributed by atoms with Crippen LogP contribution < -0.4 is 0 Å². The number of aromatic nitrogens is 1. The van der Waals surface area contributed by atoms with E-state index >= 15 is 0 Å². The maximum atomic E-state index is 12.3. The van der Waals surface area contributed by atoms with Gasteiger partial charge >= 0.3 is 0 Å². The van der Waals surface area contributed by atoms with Crippen molar-refractivity contribution >= 4 is 17.2 Å². The second-order valence-electron chi connectivity index (χ2n) is 4.92. The summed E-state index contributed by atoms with van der Waals surface area (Å²) in [7, 11) is 0. The summed E-state index contributed by atoms with van der Waals surface area (Å²) in [6.45, 7) is 8.12. The Morgan fingerprint density at radius 1 is 1.44 bits per heavy atom. The third kappa shape index (κ3) is 2.26. The number of hydrogen-bond donors (Lipinski definition) is 0. The maximum Gasteiger partial charge on any atom is 0.265 e. The lowest BCUT2D eigenvalue weighted by Gasteiger charge is -2.34. The number of nitrogens with zero attached hydrogens (tertiary/aromatic N) is 2. The Morgan fingerprint density at radius 3 is 2.56 bits per heavy atom. The minimum absolute atomic E-state index is 0.165. The molecule has 0 aliphatic carbocycles. The standard InChI is InChI=1S/C12H18N2OS/c1-8-4-9(2)6-14(5-8)12(15)11-10(3)13-7-16-11/h7-9H,4-6H2,1-3H3. The smallest absolute Gasteiger partial charge is 0.265 e. The van der Waals surface area contributed by atoms with Gasteiger partial charge in [0, 0.05) is 13.1 Å². The normalized spacial score (nSPS) is 25.8. The molecule has 4 heteroatoms. The van der Waals surface area contributed by atoms with Crippen molar-refractivity contribution in [2.45, 2.75) is 27.2 Å². The average Bonchev–Trinajstić information content (AvgIpc) is 2.62. The second kappa shape index (κ2) is 4.53.